The highest BCUT2D eigenvalue weighted by Gasteiger charge is 2.49. The van der Waals surface area contributed by atoms with E-state index in [4.69, 9.17) is 27.9 Å². The van der Waals surface area contributed by atoms with Gasteiger partial charge in [0, 0.05) is 10.6 Å². The van der Waals surface area contributed by atoms with Crippen LogP contribution in [0.4, 0.5) is 5.69 Å². The zero-order valence-corrected chi connectivity index (χ0v) is 14.3. The minimum atomic E-state index is -0.775. The molecule has 0 bridgehead atoms. The molecule has 0 atom stereocenters. The first-order valence-corrected chi connectivity index (χ1v) is 8.40. The number of nitrogens with one attached hydrogen (secondary N) is 1. The fourth-order valence-electron chi connectivity index (χ4n) is 3.38. The number of halogens is 2. The second-order valence-electron chi connectivity index (χ2n) is 6.02. The maximum absolute atomic E-state index is 12.8. The topological polar surface area (TPSA) is 55.4 Å². The monoisotopic (exact) mass is 353 g/mol. The molecular weight excluding hydrogens is 337 g/mol. The van der Waals surface area contributed by atoms with Crippen LogP contribution in [-0.2, 0) is 14.3 Å². The van der Waals surface area contributed by atoms with Crippen LogP contribution in [0.2, 0.25) is 10.0 Å². The Morgan fingerprint density at radius 3 is 2.57 bits per heavy atom. The molecule has 1 amide bonds. The van der Waals surface area contributed by atoms with Gasteiger partial charge >= 0.3 is 5.97 Å². The molecule has 0 unspecified atom stereocenters. The molecule has 1 aromatic carbocycles. The van der Waals surface area contributed by atoms with Crippen LogP contribution in [0, 0.1) is 0 Å². The molecule has 1 N–H and O–H groups in total. The Morgan fingerprint density at radius 1 is 1.22 bits per heavy atom. The van der Waals surface area contributed by atoms with E-state index in [9.17, 15) is 9.59 Å². The maximum atomic E-state index is 12.8. The minimum Gasteiger partial charge on any atom is -0.451 e. The standard InChI is InChI=1S/C17H17Cl2NO3/c1-10-14(17(23-16(10)22)7-3-2-4-8-17)15(21)20-13-6-5-11(18)9-12(13)19/h5-6,9H,2-4,7-8H2,1H3,(H,20,21). The van der Waals surface area contributed by atoms with Crippen molar-refractivity contribution in [3.63, 3.8) is 0 Å². The lowest BCUT2D eigenvalue weighted by molar-refractivity contribution is -0.149. The van der Waals surface area contributed by atoms with Crippen molar-refractivity contribution >= 4 is 40.8 Å². The lowest BCUT2D eigenvalue weighted by Crippen LogP contribution is -2.39. The van der Waals surface area contributed by atoms with Gasteiger partial charge in [0.05, 0.1) is 16.3 Å². The van der Waals surface area contributed by atoms with E-state index < -0.39 is 11.6 Å². The van der Waals surface area contributed by atoms with Gasteiger partial charge in [0.15, 0.2) is 0 Å². The normalized spacial score (nSPS) is 19.9. The van der Waals surface area contributed by atoms with Crippen LogP contribution in [0.1, 0.15) is 39.0 Å². The number of amides is 1. The molecule has 6 heteroatoms. The number of ether oxygens (including phenoxy) is 1. The number of hydrogen-bond acceptors (Lipinski definition) is 3. The van der Waals surface area contributed by atoms with Gasteiger partial charge in [-0.2, -0.15) is 0 Å². The van der Waals surface area contributed by atoms with E-state index in [0.717, 1.165) is 19.3 Å². The summed E-state index contributed by atoms with van der Waals surface area (Å²) in [6.07, 6.45) is 4.36. The number of anilines is 1. The van der Waals surface area contributed by atoms with Gasteiger partial charge in [-0.3, -0.25) is 4.79 Å². The Hall–Kier alpha value is -1.52. The summed E-state index contributed by atoms with van der Waals surface area (Å²) in [4.78, 5) is 24.8. The molecular formula is C17H17Cl2NO3. The van der Waals surface area contributed by atoms with E-state index in [1.807, 2.05) is 0 Å². The predicted octanol–water partition coefficient (Wildman–Crippen LogP) is 4.51. The van der Waals surface area contributed by atoms with Gasteiger partial charge in [0.25, 0.3) is 5.91 Å². The minimum absolute atomic E-state index is 0.334. The molecule has 1 aliphatic heterocycles. The van der Waals surface area contributed by atoms with Crippen LogP contribution in [-0.4, -0.2) is 17.5 Å². The zero-order valence-electron chi connectivity index (χ0n) is 12.7. The first kappa shape index (κ1) is 16.3. The molecule has 0 radical (unpaired) electrons. The smallest absolute Gasteiger partial charge is 0.335 e. The molecule has 4 nitrogen and oxygen atoms in total. The van der Waals surface area contributed by atoms with Crippen molar-refractivity contribution in [2.75, 3.05) is 5.32 Å². The lowest BCUT2D eigenvalue weighted by atomic mass is 9.78. The molecule has 1 spiro atoms. The van der Waals surface area contributed by atoms with Gasteiger partial charge in [-0.1, -0.05) is 29.6 Å². The van der Waals surface area contributed by atoms with Crippen LogP contribution in [0.3, 0.4) is 0 Å². The Labute approximate surface area is 144 Å². The summed E-state index contributed by atoms with van der Waals surface area (Å²) >= 11 is 12.0. The van der Waals surface area contributed by atoms with Crippen molar-refractivity contribution in [2.24, 2.45) is 0 Å². The molecule has 23 heavy (non-hydrogen) atoms. The van der Waals surface area contributed by atoms with Crippen LogP contribution >= 0.6 is 23.2 Å². The third-order valence-corrected chi connectivity index (χ3v) is 5.04. The summed E-state index contributed by atoms with van der Waals surface area (Å²) in [5.41, 5.74) is 0.511. The summed E-state index contributed by atoms with van der Waals surface area (Å²) in [5.74, 6) is -0.737. The van der Waals surface area contributed by atoms with Crippen LogP contribution in [0.25, 0.3) is 0 Å². The van der Waals surface area contributed by atoms with Crippen molar-refractivity contribution in [2.45, 2.75) is 44.6 Å². The summed E-state index contributed by atoms with van der Waals surface area (Å²) in [5, 5.41) is 3.63. The Balaban J connectivity index is 1.91. The summed E-state index contributed by atoms with van der Waals surface area (Å²) in [7, 11) is 0. The summed E-state index contributed by atoms with van der Waals surface area (Å²) in [6, 6.07) is 4.85. The SMILES string of the molecule is CC1=C(C(=O)Nc2ccc(Cl)cc2Cl)C2(CCCCC2)OC1=O. The molecule has 1 fully saturated rings. The summed E-state index contributed by atoms with van der Waals surface area (Å²) in [6.45, 7) is 1.64. The van der Waals surface area contributed by atoms with Gasteiger partial charge in [-0.25, -0.2) is 4.79 Å². The summed E-state index contributed by atoms with van der Waals surface area (Å²) < 4.78 is 5.59. The van der Waals surface area contributed by atoms with Gasteiger partial charge < -0.3 is 10.1 Å². The van der Waals surface area contributed by atoms with Crippen molar-refractivity contribution in [3.8, 4) is 0 Å². The lowest BCUT2D eigenvalue weighted by Gasteiger charge is -2.34. The number of carbonyl (C=O) groups is 2. The van der Waals surface area contributed by atoms with Crippen LogP contribution in [0.15, 0.2) is 29.3 Å². The van der Waals surface area contributed by atoms with Crippen molar-refractivity contribution in [1.29, 1.82) is 0 Å². The molecule has 2 aliphatic rings. The van der Waals surface area contributed by atoms with Gasteiger partial charge in [0.2, 0.25) is 0 Å². The Bertz CT molecular complexity index is 706. The van der Waals surface area contributed by atoms with Crippen molar-refractivity contribution in [1.82, 2.24) is 0 Å². The number of carbonyl (C=O) groups excluding carboxylic acids is 2. The van der Waals surface area contributed by atoms with E-state index in [1.165, 1.54) is 0 Å². The molecule has 1 aromatic rings. The second kappa shape index (κ2) is 6.17. The highest BCUT2D eigenvalue weighted by Crippen LogP contribution is 2.44. The zero-order chi connectivity index (χ0) is 16.6. The second-order valence-corrected chi connectivity index (χ2v) is 6.87. The Kier molecular flexibility index (Phi) is 4.39. The number of benzene rings is 1. The van der Waals surface area contributed by atoms with Gasteiger partial charge in [-0.15, -0.1) is 0 Å². The molecule has 0 saturated heterocycles. The van der Waals surface area contributed by atoms with E-state index in [-0.39, 0.29) is 5.91 Å². The molecule has 1 aliphatic carbocycles. The van der Waals surface area contributed by atoms with Crippen LogP contribution < -0.4 is 5.32 Å². The largest absolute Gasteiger partial charge is 0.451 e. The predicted molar refractivity (Wildman–Crippen MR) is 89.7 cm³/mol. The number of esters is 1. The fourth-order valence-corrected chi connectivity index (χ4v) is 3.83. The number of hydrogen-bond donors (Lipinski definition) is 1. The highest BCUT2D eigenvalue weighted by atomic mass is 35.5. The van der Waals surface area contributed by atoms with E-state index in [1.54, 1.807) is 25.1 Å². The first-order chi connectivity index (χ1) is 10.9. The average molecular weight is 354 g/mol. The Morgan fingerprint density at radius 2 is 1.91 bits per heavy atom. The average Bonchev–Trinajstić information content (AvgIpc) is 2.73. The van der Waals surface area contributed by atoms with Gasteiger partial charge in [0.1, 0.15) is 5.60 Å². The molecule has 1 heterocycles. The molecule has 1 saturated carbocycles. The third kappa shape index (κ3) is 2.98. The molecule has 0 aromatic heterocycles. The quantitative estimate of drug-likeness (QED) is 0.795. The van der Waals surface area contributed by atoms with E-state index in [2.05, 4.69) is 5.32 Å². The van der Waals surface area contributed by atoms with E-state index >= 15 is 0 Å². The third-order valence-electron chi connectivity index (χ3n) is 4.49. The first-order valence-electron chi connectivity index (χ1n) is 7.64. The van der Waals surface area contributed by atoms with Crippen molar-refractivity contribution < 1.29 is 14.3 Å². The molecule has 3 rings (SSSR count). The van der Waals surface area contributed by atoms with Gasteiger partial charge in [-0.05, 0) is 50.8 Å². The van der Waals surface area contributed by atoms with E-state index in [0.29, 0.717) is 39.7 Å². The fraction of sp³-hybridized carbons (Fsp3) is 0.412. The van der Waals surface area contributed by atoms with Crippen LogP contribution in [0.5, 0.6) is 0 Å². The van der Waals surface area contributed by atoms with Crippen molar-refractivity contribution in [3.05, 3.63) is 39.4 Å². The number of rotatable bonds is 2. The highest BCUT2D eigenvalue weighted by molar-refractivity contribution is 6.37. The maximum Gasteiger partial charge on any atom is 0.335 e. The molecule has 122 valence electrons.